The summed E-state index contributed by atoms with van der Waals surface area (Å²) in [6, 6.07) is 5.06. The van der Waals surface area contributed by atoms with Crippen LogP contribution in [-0.4, -0.2) is 47.7 Å². The number of anilines is 1. The van der Waals surface area contributed by atoms with Crippen LogP contribution in [0.2, 0.25) is 0 Å². The van der Waals surface area contributed by atoms with Crippen LogP contribution in [0, 0.1) is 17.0 Å². The van der Waals surface area contributed by atoms with E-state index in [9.17, 15) is 14.9 Å². The molecule has 1 amide bonds. The van der Waals surface area contributed by atoms with Crippen molar-refractivity contribution in [3.8, 4) is 0 Å². The van der Waals surface area contributed by atoms with Crippen molar-refractivity contribution < 1.29 is 14.5 Å². The third-order valence-corrected chi connectivity index (χ3v) is 3.55. The van der Waals surface area contributed by atoms with Crippen molar-refractivity contribution in [3.63, 3.8) is 0 Å². The molecule has 7 heteroatoms. The molecule has 1 aromatic carbocycles. The molecule has 0 aliphatic carbocycles. The van der Waals surface area contributed by atoms with Crippen LogP contribution in [0.15, 0.2) is 18.2 Å². The Hall–Kier alpha value is -2.31. The first-order chi connectivity index (χ1) is 10.7. The van der Waals surface area contributed by atoms with Gasteiger partial charge in [-0.15, -0.1) is 0 Å². The first-order valence-corrected chi connectivity index (χ1v) is 7.65. The standard InChI is InChI=1S/C16H23N3O4/c1-12-9-13(11-14(10-12)19(21)22)17-5-7-18(8-6-17)15(20)23-16(2,3)4/h9-11H,5-8H2,1-4H3. The molecule has 0 saturated carbocycles. The predicted octanol–water partition coefficient (Wildman–Crippen LogP) is 2.96. The summed E-state index contributed by atoms with van der Waals surface area (Å²) in [7, 11) is 0. The highest BCUT2D eigenvalue weighted by molar-refractivity contribution is 5.68. The Morgan fingerprint density at radius 3 is 2.30 bits per heavy atom. The molecule has 1 aliphatic heterocycles. The van der Waals surface area contributed by atoms with Crippen LogP contribution in [0.1, 0.15) is 26.3 Å². The molecule has 7 nitrogen and oxygen atoms in total. The monoisotopic (exact) mass is 321 g/mol. The second-order valence-corrected chi connectivity index (χ2v) is 6.74. The van der Waals surface area contributed by atoms with Gasteiger partial charge in [-0.05, 0) is 39.3 Å². The third-order valence-electron chi connectivity index (χ3n) is 3.55. The number of nitro benzene ring substituents is 1. The van der Waals surface area contributed by atoms with Gasteiger partial charge in [0, 0.05) is 44.0 Å². The van der Waals surface area contributed by atoms with E-state index in [1.54, 1.807) is 17.0 Å². The first-order valence-electron chi connectivity index (χ1n) is 7.65. The van der Waals surface area contributed by atoms with Crippen LogP contribution < -0.4 is 4.90 Å². The number of rotatable bonds is 2. The number of carbonyl (C=O) groups is 1. The van der Waals surface area contributed by atoms with Crippen molar-refractivity contribution >= 4 is 17.5 Å². The molecule has 1 aromatic rings. The Morgan fingerprint density at radius 1 is 1.17 bits per heavy atom. The zero-order valence-electron chi connectivity index (χ0n) is 14.0. The Kier molecular flexibility index (Phi) is 4.77. The topological polar surface area (TPSA) is 75.9 Å². The lowest BCUT2D eigenvalue weighted by Crippen LogP contribution is -2.50. The molecule has 0 unspecified atom stereocenters. The van der Waals surface area contributed by atoms with Crippen LogP contribution in [0.5, 0.6) is 0 Å². The van der Waals surface area contributed by atoms with E-state index >= 15 is 0 Å². The molecule has 0 atom stereocenters. The largest absolute Gasteiger partial charge is 0.444 e. The summed E-state index contributed by atoms with van der Waals surface area (Å²) in [6.07, 6.45) is -0.313. The molecule has 126 valence electrons. The number of nitro groups is 1. The average molecular weight is 321 g/mol. The first kappa shape index (κ1) is 17.1. The highest BCUT2D eigenvalue weighted by Crippen LogP contribution is 2.25. The summed E-state index contributed by atoms with van der Waals surface area (Å²) < 4.78 is 5.37. The molecule has 1 saturated heterocycles. The summed E-state index contributed by atoms with van der Waals surface area (Å²) in [5.41, 5.74) is 1.25. The Balaban J connectivity index is 2.02. The van der Waals surface area contributed by atoms with Crippen LogP contribution in [0.4, 0.5) is 16.2 Å². The molecule has 23 heavy (non-hydrogen) atoms. The molecule has 0 spiro atoms. The maximum atomic E-state index is 12.1. The normalized spacial score (nSPS) is 15.5. The number of non-ortho nitro benzene ring substituents is 1. The van der Waals surface area contributed by atoms with Gasteiger partial charge in [0.2, 0.25) is 0 Å². The van der Waals surface area contributed by atoms with Crippen LogP contribution in [-0.2, 0) is 4.74 Å². The molecule has 1 aliphatic rings. The zero-order valence-corrected chi connectivity index (χ0v) is 14.0. The SMILES string of the molecule is Cc1cc(N2CCN(C(=O)OC(C)(C)C)CC2)cc([N+](=O)[O-])c1. The second-order valence-electron chi connectivity index (χ2n) is 6.74. The van der Waals surface area contributed by atoms with Gasteiger partial charge in [0.05, 0.1) is 4.92 Å². The van der Waals surface area contributed by atoms with E-state index in [-0.39, 0.29) is 16.7 Å². The third kappa shape index (κ3) is 4.58. The number of nitrogens with zero attached hydrogens (tertiary/aromatic N) is 3. The summed E-state index contributed by atoms with van der Waals surface area (Å²) in [6.45, 7) is 9.69. The van der Waals surface area contributed by atoms with E-state index in [0.29, 0.717) is 26.2 Å². The minimum Gasteiger partial charge on any atom is -0.444 e. The molecular formula is C16H23N3O4. The number of benzene rings is 1. The predicted molar refractivity (Wildman–Crippen MR) is 87.9 cm³/mol. The van der Waals surface area contributed by atoms with Crippen molar-refractivity contribution in [3.05, 3.63) is 33.9 Å². The van der Waals surface area contributed by atoms with Gasteiger partial charge < -0.3 is 14.5 Å². The fourth-order valence-corrected chi connectivity index (χ4v) is 2.50. The van der Waals surface area contributed by atoms with Crippen molar-refractivity contribution in [1.29, 1.82) is 0 Å². The van der Waals surface area contributed by atoms with Crippen LogP contribution in [0.25, 0.3) is 0 Å². The van der Waals surface area contributed by atoms with Gasteiger partial charge in [0.25, 0.3) is 5.69 Å². The number of hydrogen-bond acceptors (Lipinski definition) is 5. The maximum absolute atomic E-state index is 12.1. The van der Waals surface area contributed by atoms with Gasteiger partial charge in [-0.2, -0.15) is 0 Å². The summed E-state index contributed by atoms with van der Waals surface area (Å²) >= 11 is 0. The Labute approximate surface area is 136 Å². The molecule has 0 radical (unpaired) electrons. The lowest BCUT2D eigenvalue weighted by atomic mass is 10.1. The van der Waals surface area contributed by atoms with E-state index in [1.165, 1.54) is 0 Å². The number of hydrogen-bond donors (Lipinski definition) is 0. The minimum absolute atomic E-state index is 0.0922. The van der Waals surface area contributed by atoms with Gasteiger partial charge in [-0.3, -0.25) is 10.1 Å². The molecule has 2 rings (SSSR count). The molecule has 0 N–H and O–H groups in total. The summed E-state index contributed by atoms with van der Waals surface area (Å²) in [5.74, 6) is 0. The van der Waals surface area contributed by atoms with E-state index in [2.05, 4.69) is 4.90 Å². The molecule has 0 bridgehead atoms. The fraction of sp³-hybridized carbons (Fsp3) is 0.562. The van der Waals surface area contributed by atoms with Gasteiger partial charge in [0.1, 0.15) is 5.60 Å². The maximum Gasteiger partial charge on any atom is 0.410 e. The highest BCUT2D eigenvalue weighted by atomic mass is 16.6. The number of ether oxygens (including phenoxy) is 1. The highest BCUT2D eigenvalue weighted by Gasteiger charge is 2.26. The number of piperazine rings is 1. The zero-order chi connectivity index (χ0) is 17.2. The molecule has 0 aromatic heterocycles. The quantitative estimate of drug-likeness (QED) is 0.618. The summed E-state index contributed by atoms with van der Waals surface area (Å²) in [5, 5.41) is 11.0. The van der Waals surface area contributed by atoms with E-state index in [4.69, 9.17) is 4.74 Å². The smallest absolute Gasteiger partial charge is 0.410 e. The number of carbonyl (C=O) groups excluding carboxylic acids is 1. The Morgan fingerprint density at radius 2 is 1.78 bits per heavy atom. The fourth-order valence-electron chi connectivity index (χ4n) is 2.50. The second kappa shape index (κ2) is 6.44. The lowest BCUT2D eigenvalue weighted by Gasteiger charge is -2.36. The Bertz CT molecular complexity index is 602. The average Bonchev–Trinajstić information content (AvgIpc) is 2.45. The van der Waals surface area contributed by atoms with E-state index < -0.39 is 5.60 Å². The van der Waals surface area contributed by atoms with Crippen molar-refractivity contribution in [2.24, 2.45) is 0 Å². The van der Waals surface area contributed by atoms with Crippen molar-refractivity contribution in [2.75, 3.05) is 31.1 Å². The summed E-state index contributed by atoms with van der Waals surface area (Å²) in [4.78, 5) is 26.4. The molecular weight excluding hydrogens is 298 g/mol. The molecule has 1 heterocycles. The number of amides is 1. The van der Waals surface area contributed by atoms with Crippen molar-refractivity contribution in [1.82, 2.24) is 4.90 Å². The van der Waals surface area contributed by atoms with Crippen molar-refractivity contribution in [2.45, 2.75) is 33.3 Å². The lowest BCUT2D eigenvalue weighted by molar-refractivity contribution is -0.384. The minimum atomic E-state index is -0.509. The molecule has 1 fully saturated rings. The van der Waals surface area contributed by atoms with Crippen LogP contribution >= 0.6 is 0 Å². The van der Waals surface area contributed by atoms with E-state index in [1.807, 2.05) is 33.8 Å². The van der Waals surface area contributed by atoms with Gasteiger partial charge in [0.15, 0.2) is 0 Å². The van der Waals surface area contributed by atoms with Crippen LogP contribution in [0.3, 0.4) is 0 Å². The van der Waals surface area contributed by atoms with E-state index in [0.717, 1.165) is 11.3 Å². The van der Waals surface area contributed by atoms with Gasteiger partial charge in [-0.1, -0.05) is 0 Å². The van der Waals surface area contributed by atoms with Gasteiger partial charge in [-0.25, -0.2) is 4.79 Å². The van der Waals surface area contributed by atoms with Gasteiger partial charge >= 0.3 is 6.09 Å². The number of aryl methyl sites for hydroxylation is 1.